The second kappa shape index (κ2) is 3.80. The van der Waals surface area contributed by atoms with Gasteiger partial charge >= 0.3 is 17.8 Å². The highest BCUT2D eigenvalue weighted by atomic mass is 35.5. The smallest absolute Gasteiger partial charge is 0.263 e. The van der Waals surface area contributed by atoms with Gasteiger partial charge in [-0.05, 0) is 0 Å². The number of nitrogens with zero attached hydrogens (tertiary/aromatic N) is 4. The molecule has 0 aliphatic carbocycles. The predicted octanol–water partition coefficient (Wildman–Crippen LogP) is 0.112. The first kappa shape index (κ1) is 11.0. The molecule has 4 amide bonds. The molecule has 0 aromatic carbocycles. The molecule has 0 saturated carbocycles. The SMILES string of the molecule is CN1C(=O)C(=O)N(Cc2nnsc2Cl)C1=O. The maximum absolute atomic E-state index is 11.5. The topological polar surface area (TPSA) is 83.5 Å². The monoisotopic (exact) mass is 260 g/mol. The minimum Gasteiger partial charge on any atom is -0.263 e. The molecule has 0 unspecified atom stereocenters. The number of carbonyl (C=O) groups is 3. The number of amides is 4. The first-order valence-electron chi connectivity index (χ1n) is 4.12. The van der Waals surface area contributed by atoms with Gasteiger partial charge in [0.15, 0.2) is 0 Å². The number of imide groups is 2. The quantitative estimate of drug-likeness (QED) is 0.557. The van der Waals surface area contributed by atoms with Crippen LogP contribution in [0.15, 0.2) is 0 Å². The summed E-state index contributed by atoms with van der Waals surface area (Å²) in [7, 11) is 1.24. The van der Waals surface area contributed by atoms with Crippen molar-refractivity contribution in [2.75, 3.05) is 7.05 Å². The minimum atomic E-state index is -0.878. The zero-order valence-corrected chi connectivity index (χ0v) is 9.58. The molecular weight excluding hydrogens is 256 g/mol. The summed E-state index contributed by atoms with van der Waals surface area (Å²) in [5.74, 6) is -1.74. The lowest BCUT2D eigenvalue weighted by atomic mass is 10.4. The molecule has 7 nitrogen and oxygen atoms in total. The van der Waals surface area contributed by atoms with Crippen LogP contribution in [-0.2, 0) is 16.1 Å². The Morgan fingerprint density at radius 1 is 1.31 bits per heavy atom. The van der Waals surface area contributed by atoms with Gasteiger partial charge in [0.05, 0.1) is 6.54 Å². The van der Waals surface area contributed by atoms with E-state index < -0.39 is 17.8 Å². The standard InChI is InChI=1S/C7H5ClN4O3S/c1-11-5(13)6(14)12(7(11)15)2-3-4(8)16-10-9-3/h2H2,1H3. The lowest BCUT2D eigenvalue weighted by Gasteiger charge is -2.10. The zero-order valence-electron chi connectivity index (χ0n) is 8.01. The van der Waals surface area contributed by atoms with Gasteiger partial charge in [-0.1, -0.05) is 16.1 Å². The second-order valence-electron chi connectivity index (χ2n) is 3.03. The van der Waals surface area contributed by atoms with Gasteiger partial charge in [0.2, 0.25) is 0 Å². The first-order chi connectivity index (χ1) is 7.52. The fourth-order valence-corrected chi connectivity index (χ4v) is 1.81. The molecule has 1 fully saturated rings. The molecule has 0 radical (unpaired) electrons. The van der Waals surface area contributed by atoms with E-state index in [2.05, 4.69) is 9.59 Å². The van der Waals surface area contributed by atoms with Crippen LogP contribution in [0.3, 0.4) is 0 Å². The number of urea groups is 1. The Kier molecular flexibility index (Phi) is 2.60. The van der Waals surface area contributed by atoms with Gasteiger partial charge in [-0.25, -0.2) is 9.69 Å². The minimum absolute atomic E-state index is 0.136. The van der Waals surface area contributed by atoms with Crippen molar-refractivity contribution in [1.82, 2.24) is 19.4 Å². The maximum atomic E-state index is 11.5. The Balaban J connectivity index is 2.24. The number of likely N-dealkylation sites (N-methyl/N-ethyl adjacent to an activating group) is 1. The normalized spacial score (nSPS) is 16.5. The molecule has 1 saturated heterocycles. The summed E-state index contributed by atoms with van der Waals surface area (Å²) in [6.07, 6.45) is 0. The van der Waals surface area contributed by atoms with Crippen molar-refractivity contribution in [3.63, 3.8) is 0 Å². The van der Waals surface area contributed by atoms with Crippen molar-refractivity contribution in [2.45, 2.75) is 6.54 Å². The maximum Gasteiger partial charge on any atom is 0.334 e. The lowest BCUT2D eigenvalue weighted by molar-refractivity contribution is -0.143. The number of halogens is 1. The highest BCUT2D eigenvalue weighted by Crippen LogP contribution is 2.21. The summed E-state index contributed by atoms with van der Waals surface area (Å²) in [6, 6.07) is -0.681. The van der Waals surface area contributed by atoms with Gasteiger partial charge in [-0.15, -0.1) is 5.10 Å². The van der Waals surface area contributed by atoms with Crippen LogP contribution < -0.4 is 0 Å². The zero-order chi connectivity index (χ0) is 11.9. The third-order valence-corrected chi connectivity index (χ3v) is 3.05. The van der Waals surface area contributed by atoms with Crippen molar-refractivity contribution >= 4 is 41.0 Å². The van der Waals surface area contributed by atoms with E-state index in [4.69, 9.17) is 11.6 Å². The summed E-state index contributed by atoms with van der Waals surface area (Å²) in [6.45, 7) is -0.136. The summed E-state index contributed by atoms with van der Waals surface area (Å²) < 4.78 is 3.86. The van der Waals surface area contributed by atoms with E-state index in [1.165, 1.54) is 7.05 Å². The van der Waals surface area contributed by atoms with E-state index in [-0.39, 0.29) is 6.54 Å². The molecule has 1 aliphatic heterocycles. The summed E-state index contributed by atoms with van der Waals surface area (Å²) in [5, 5.41) is 3.66. The van der Waals surface area contributed by atoms with Crippen molar-refractivity contribution in [2.24, 2.45) is 0 Å². The van der Waals surface area contributed by atoms with Gasteiger partial charge in [0.25, 0.3) is 0 Å². The van der Waals surface area contributed by atoms with Crippen molar-refractivity contribution < 1.29 is 14.4 Å². The van der Waals surface area contributed by atoms with Gasteiger partial charge in [0, 0.05) is 18.6 Å². The highest BCUT2D eigenvalue weighted by molar-refractivity contribution is 7.10. The molecule has 2 rings (SSSR count). The Hall–Kier alpha value is -1.54. The van der Waals surface area contributed by atoms with Crippen LogP contribution in [0, 0.1) is 0 Å². The van der Waals surface area contributed by atoms with Gasteiger partial charge < -0.3 is 0 Å². The van der Waals surface area contributed by atoms with E-state index in [9.17, 15) is 14.4 Å². The molecular formula is C7H5ClN4O3S. The molecule has 9 heteroatoms. The highest BCUT2D eigenvalue weighted by Gasteiger charge is 2.42. The third kappa shape index (κ3) is 1.55. The Labute approximate surface area is 98.7 Å². The summed E-state index contributed by atoms with van der Waals surface area (Å²) in [4.78, 5) is 35.6. The Morgan fingerprint density at radius 2 is 2.00 bits per heavy atom. The van der Waals surface area contributed by atoms with Crippen LogP contribution >= 0.6 is 23.1 Å². The predicted molar refractivity (Wildman–Crippen MR) is 53.6 cm³/mol. The Morgan fingerprint density at radius 3 is 2.44 bits per heavy atom. The van der Waals surface area contributed by atoms with Crippen LogP contribution in [0.25, 0.3) is 0 Å². The molecule has 2 heterocycles. The lowest BCUT2D eigenvalue weighted by Crippen LogP contribution is -2.31. The summed E-state index contributed by atoms with van der Waals surface area (Å²) in [5.41, 5.74) is 0.302. The van der Waals surface area contributed by atoms with Gasteiger partial charge in [-0.3, -0.25) is 14.5 Å². The molecule has 1 aliphatic rings. The number of rotatable bonds is 2. The number of carbonyl (C=O) groups excluding carboxylic acids is 3. The van der Waals surface area contributed by atoms with Crippen molar-refractivity contribution in [1.29, 1.82) is 0 Å². The van der Waals surface area contributed by atoms with Crippen molar-refractivity contribution in [3.8, 4) is 0 Å². The molecule has 1 aromatic rings. The van der Waals surface area contributed by atoms with E-state index >= 15 is 0 Å². The van der Waals surface area contributed by atoms with Crippen LogP contribution in [0.4, 0.5) is 4.79 Å². The fraction of sp³-hybridized carbons (Fsp3) is 0.286. The van der Waals surface area contributed by atoms with E-state index in [0.29, 0.717) is 10.0 Å². The van der Waals surface area contributed by atoms with Gasteiger partial charge in [0.1, 0.15) is 10.0 Å². The third-order valence-electron chi connectivity index (χ3n) is 2.07. The van der Waals surface area contributed by atoms with Crippen LogP contribution in [0.2, 0.25) is 4.34 Å². The number of hydrogen-bond acceptors (Lipinski definition) is 6. The van der Waals surface area contributed by atoms with E-state index in [1.807, 2.05) is 0 Å². The number of hydrogen-bond donors (Lipinski definition) is 0. The summed E-state index contributed by atoms with van der Waals surface area (Å²) >= 11 is 6.68. The van der Waals surface area contributed by atoms with Gasteiger partial charge in [-0.2, -0.15) is 0 Å². The average molecular weight is 261 g/mol. The first-order valence-corrected chi connectivity index (χ1v) is 5.27. The Bertz CT molecular complexity index is 488. The van der Waals surface area contributed by atoms with Crippen LogP contribution in [-0.4, -0.2) is 44.3 Å². The molecule has 0 bridgehead atoms. The molecule has 0 atom stereocenters. The molecule has 1 aromatic heterocycles. The second-order valence-corrected chi connectivity index (χ2v) is 4.39. The van der Waals surface area contributed by atoms with E-state index in [1.54, 1.807) is 0 Å². The average Bonchev–Trinajstić information content (AvgIpc) is 2.73. The van der Waals surface area contributed by atoms with E-state index in [0.717, 1.165) is 21.3 Å². The molecule has 16 heavy (non-hydrogen) atoms. The van der Waals surface area contributed by atoms with Crippen molar-refractivity contribution in [3.05, 3.63) is 10.0 Å². The molecule has 0 spiro atoms. The molecule has 0 N–H and O–H groups in total. The number of aromatic nitrogens is 2. The van der Waals surface area contributed by atoms with Crippen LogP contribution in [0.1, 0.15) is 5.69 Å². The van der Waals surface area contributed by atoms with Crippen LogP contribution in [0.5, 0.6) is 0 Å². The largest absolute Gasteiger partial charge is 0.334 e. The fourth-order valence-electron chi connectivity index (χ4n) is 1.19. The molecule has 84 valence electrons.